The second-order valence-corrected chi connectivity index (χ2v) is 5.62. The maximum absolute atomic E-state index is 11.2. The van der Waals surface area contributed by atoms with Crippen LogP contribution < -0.4 is 0 Å². The van der Waals surface area contributed by atoms with E-state index in [0.29, 0.717) is 6.54 Å². The van der Waals surface area contributed by atoms with Crippen LogP contribution in [-0.4, -0.2) is 31.0 Å². The van der Waals surface area contributed by atoms with E-state index in [4.69, 9.17) is 0 Å². The third-order valence-corrected chi connectivity index (χ3v) is 3.48. The monoisotopic (exact) mass is 228 g/mol. The molecule has 0 aliphatic rings. The lowest BCUT2D eigenvalue weighted by atomic mass is 10.2. The first-order chi connectivity index (χ1) is 6.93. The number of pyridine rings is 1. The molecular formula is C10H16N2O2S. The second-order valence-electron chi connectivity index (χ2n) is 3.53. The highest BCUT2D eigenvalue weighted by atomic mass is 32.2. The van der Waals surface area contributed by atoms with Crippen LogP contribution in [0.25, 0.3) is 0 Å². The third kappa shape index (κ3) is 3.60. The molecule has 5 heteroatoms. The average molecular weight is 228 g/mol. The van der Waals surface area contributed by atoms with Gasteiger partial charge in [0.2, 0.25) is 10.0 Å². The van der Waals surface area contributed by atoms with Crippen molar-refractivity contribution in [3.8, 4) is 0 Å². The van der Waals surface area contributed by atoms with Gasteiger partial charge in [0.1, 0.15) is 0 Å². The summed E-state index contributed by atoms with van der Waals surface area (Å²) in [6.07, 6.45) is 3.81. The molecule has 84 valence electrons. The minimum Gasteiger partial charge on any atom is -0.261 e. The van der Waals surface area contributed by atoms with Crippen LogP contribution in [0.2, 0.25) is 0 Å². The van der Waals surface area contributed by atoms with E-state index in [1.54, 1.807) is 13.2 Å². The number of aryl methyl sites for hydroxylation is 1. The summed E-state index contributed by atoms with van der Waals surface area (Å²) in [5.74, 6) is 0. The minimum absolute atomic E-state index is 0.371. The molecule has 0 aliphatic carbocycles. The Balaban J connectivity index is 2.74. The highest BCUT2D eigenvalue weighted by Gasteiger charge is 2.10. The van der Waals surface area contributed by atoms with Gasteiger partial charge >= 0.3 is 0 Å². The van der Waals surface area contributed by atoms with Gasteiger partial charge in [0, 0.05) is 25.5 Å². The Morgan fingerprint density at radius 1 is 1.40 bits per heavy atom. The van der Waals surface area contributed by atoms with E-state index < -0.39 is 10.0 Å². The molecule has 0 N–H and O–H groups in total. The molecule has 4 nitrogen and oxygen atoms in total. The highest BCUT2D eigenvalue weighted by molar-refractivity contribution is 7.88. The van der Waals surface area contributed by atoms with Gasteiger partial charge in [-0.1, -0.05) is 13.0 Å². The minimum atomic E-state index is -3.11. The van der Waals surface area contributed by atoms with Crippen LogP contribution >= 0.6 is 0 Å². The molecule has 0 aromatic carbocycles. The van der Waals surface area contributed by atoms with E-state index >= 15 is 0 Å². The van der Waals surface area contributed by atoms with Gasteiger partial charge in [0.05, 0.1) is 6.26 Å². The number of hydrogen-bond donors (Lipinski definition) is 0. The van der Waals surface area contributed by atoms with Gasteiger partial charge in [-0.3, -0.25) is 4.98 Å². The van der Waals surface area contributed by atoms with Gasteiger partial charge < -0.3 is 0 Å². The summed E-state index contributed by atoms with van der Waals surface area (Å²) < 4.78 is 23.6. The molecule has 0 fully saturated rings. The summed E-state index contributed by atoms with van der Waals surface area (Å²) >= 11 is 0. The van der Waals surface area contributed by atoms with Crippen LogP contribution in [0.1, 0.15) is 18.2 Å². The fourth-order valence-electron chi connectivity index (χ4n) is 1.13. The van der Waals surface area contributed by atoms with Gasteiger partial charge in [-0.05, 0) is 18.1 Å². The predicted molar refractivity (Wildman–Crippen MR) is 59.9 cm³/mol. The molecular weight excluding hydrogens is 212 g/mol. The number of aromatic nitrogens is 1. The molecule has 0 atom stereocenters. The van der Waals surface area contributed by atoms with Crippen molar-refractivity contribution in [3.63, 3.8) is 0 Å². The van der Waals surface area contributed by atoms with Crippen molar-refractivity contribution in [2.45, 2.75) is 19.9 Å². The van der Waals surface area contributed by atoms with Crippen molar-refractivity contribution >= 4 is 10.0 Å². The molecule has 1 heterocycles. The Hall–Kier alpha value is -0.940. The summed E-state index contributed by atoms with van der Waals surface area (Å²) in [4.78, 5) is 4.21. The Bertz CT molecular complexity index is 412. The van der Waals surface area contributed by atoms with E-state index in [0.717, 1.165) is 17.7 Å². The first-order valence-electron chi connectivity index (χ1n) is 4.78. The lowest BCUT2D eigenvalue weighted by Gasteiger charge is -2.13. The molecule has 0 bridgehead atoms. The third-order valence-electron chi connectivity index (χ3n) is 2.22. The summed E-state index contributed by atoms with van der Waals surface area (Å²) in [6, 6.07) is 3.83. The van der Waals surface area contributed by atoms with E-state index in [1.807, 2.05) is 19.1 Å². The maximum atomic E-state index is 11.2. The van der Waals surface area contributed by atoms with Crippen molar-refractivity contribution in [2.75, 3.05) is 13.3 Å². The molecule has 1 aromatic heterocycles. The molecule has 1 rings (SSSR count). The summed E-state index contributed by atoms with van der Waals surface area (Å²) in [6.45, 7) is 2.40. The van der Waals surface area contributed by atoms with Crippen molar-refractivity contribution in [1.82, 2.24) is 9.29 Å². The molecule has 0 spiro atoms. The Morgan fingerprint density at radius 2 is 2.07 bits per heavy atom. The number of sulfonamides is 1. The smallest absolute Gasteiger partial charge is 0.211 e. The van der Waals surface area contributed by atoms with E-state index in [9.17, 15) is 8.42 Å². The van der Waals surface area contributed by atoms with Crippen LogP contribution in [0.5, 0.6) is 0 Å². The summed E-state index contributed by atoms with van der Waals surface area (Å²) in [5.41, 5.74) is 1.92. The number of nitrogens with zero attached hydrogens (tertiary/aromatic N) is 2. The van der Waals surface area contributed by atoms with Gasteiger partial charge in [-0.15, -0.1) is 0 Å². The molecule has 0 amide bonds. The Labute approximate surface area is 91.0 Å². The normalized spacial score (nSPS) is 12.0. The van der Waals surface area contributed by atoms with Gasteiger partial charge in [-0.25, -0.2) is 12.7 Å². The van der Waals surface area contributed by atoms with Crippen molar-refractivity contribution < 1.29 is 8.42 Å². The van der Waals surface area contributed by atoms with Crippen LogP contribution in [-0.2, 0) is 23.0 Å². The molecule has 15 heavy (non-hydrogen) atoms. The van der Waals surface area contributed by atoms with Crippen LogP contribution in [0.4, 0.5) is 0 Å². The quantitative estimate of drug-likeness (QED) is 0.773. The summed E-state index contributed by atoms with van der Waals surface area (Å²) in [5, 5.41) is 0. The lowest BCUT2D eigenvalue weighted by Crippen LogP contribution is -2.24. The topological polar surface area (TPSA) is 50.3 Å². The first-order valence-corrected chi connectivity index (χ1v) is 6.63. The Kier molecular flexibility index (Phi) is 3.82. The number of rotatable bonds is 4. The first kappa shape index (κ1) is 12.1. The predicted octanol–water partition coefficient (Wildman–Crippen LogP) is 1.04. The molecule has 0 aliphatic heterocycles. The van der Waals surface area contributed by atoms with Crippen molar-refractivity contribution in [2.24, 2.45) is 0 Å². The zero-order valence-corrected chi connectivity index (χ0v) is 10.1. The number of hydrogen-bond acceptors (Lipinski definition) is 3. The van der Waals surface area contributed by atoms with Crippen molar-refractivity contribution in [1.29, 1.82) is 0 Å². The maximum Gasteiger partial charge on any atom is 0.211 e. The second kappa shape index (κ2) is 4.72. The van der Waals surface area contributed by atoms with Crippen LogP contribution in [0.3, 0.4) is 0 Å². The average Bonchev–Trinajstić information content (AvgIpc) is 2.17. The molecule has 1 aromatic rings. The Morgan fingerprint density at radius 3 is 2.47 bits per heavy atom. The standard InChI is InChI=1S/C10H16N2O2S/c1-4-10-6-5-9(7-11-10)8-12(2)15(3,13)14/h5-7H,4,8H2,1-3H3. The SMILES string of the molecule is CCc1ccc(CN(C)S(C)(=O)=O)cn1. The lowest BCUT2D eigenvalue weighted by molar-refractivity contribution is 0.471. The molecule has 0 saturated carbocycles. The largest absolute Gasteiger partial charge is 0.261 e. The van der Waals surface area contributed by atoms with E-state index in [-0.39, 0.29) is 0 Å². The fourth-order valence-corrected chi connectivity index (χ4v) is 1.52. The van der Waals surface area contributed by atoms with Crippen LogP contribution in [0, 0.1) is 0 Å². The van der Waals surface area contributed by atoms with Crippen molar-refractivity contribution in [3.05, 3.63) is 29.6 Å². The molecule has 0 radical (unpaired) electrons. The zero-order chi connectivity index (χ0) is 11.5. The van der Waals surface area contributed by atoms with E-state index in [2.05, 4.69) is 4.98 Å². The zero-order valence-electron chi connectivity index (χ0n) is 9.27. The van der Waals surface area contributed by atoms with Gasteiger partial charge in [-0.2, -0.15) is 0 Å². The molecule has 0 unspecified atom stereocenters. The fraction of sp³-hybridized carbons (Fsp3) is 0.500. The molecule has 0 saturated heterocycles. The summed E-state index contributed by atoms with van der Waals surface area (Å²) in [7, 11) is -1.55. The van der Waals surface area contributed by atoms with Gasteiger partial charge in [0.25, 0.3) is 0 Å². The van der Waals surface area contributed by atoms with Gasteiger partial charge in [0.15, 0.2) is 0 Å². The van der Waals surface area contributed by atoms with E-state index in [1.165, 1.54) is 10.6 Å². The highest BCUT2D eigenvalue weighted by Crippen LogP contribution is 2.06. The van der Waals surface area contributed by atoms with Crippen LogP contribution in [0.15, 0.2) is 18.3 Å².